The zero-order valence-electron chi connectivity index (χ0n) is 21.5. The normalized spacial score (nSPS) is 12.5. The Morgan fingerprint density at radius 1 is 1.21 bits per heavy atom. The number of aromatic nitrogens is 3. The minimum Gasteiger partial charge on any atom is -0.488 e. The predicted molar refractivity (Wildman–Crippen MR) is 147 cm³/mol. The lowest BCUT2D eigenvalue weighted by molar-refractivity contribution is -0.104. The molecule has 0 unspecified atom stereocenters. The van der Waals surface area contributed by atoms with Gasteiger partial charge in [-0.25, -0.2) is 4.68 Å². The first-order valence-electron chi connectivity index (χ1n) is 12.1. The van der Waals surface area contributed by atoms with Gasteiger partial charge in [0.15, 0.2) is 0 Å². The van der Waals surface area contributed by atoms with Crippen molar-refractivity contribution in [2.45, 2.75) is 32.8 Å². The third-order valence-corrected chi connectivity index (χ3v) is 6.05. The molecule has 0 bridgehead atoms. The number of nitrogens with zero attached hydrogens (tertiary/aromatic N) is 4. The quantitative estimate of drug-likeness (QED) is 0.137. The average molecular weight is 505 g/mol. The molecule has 0 aliphatic carbocycles. The Balaban J connectivity index is 1.54. The average Bonchev–Trinajstić information content (AvgIpc) is 3.63. The van der Waals surface area contributed by atoms with E-state index in [9.17, 15) is 10.1 Å². The minimum atomic E-state index is -0.564. The topological polar surface area (TPSA) is 93.9 Å². The van der Waals surface area contributed by atoms with E-state index in [1.807, 2.05) is 75.5 Å². The Morgan fingerprint density at radius 3 is 2.84 bits per heavy atom. The van der Waals surface area contributed by atoms with Crippen LogP contribution in [0.25, 0.3) is 22.9 Å². The van der Waals surface area contributed by atoms with E-state index in [2.05, 4.69) is 16.2 Å². The van der Waals surface area contributed by atoms with Crippen molar-refractivity contribution in [2.24, 2.45) is 0 Å². The van der Waals surface area contributed by atoms with Crippen LogP contribution in [0.2, 0.25) is 0 Å². The van der Waals surface area contributed by atoms with Crippen LogP contribution in [0.4, 0.5) is 0 Å². The molecule has 0 spiro atoms. The number of aldehydes is 1. The van der Waals surface area contributed by atoms with Crippen molar-refractivity contribution >= 4 is 18.1 Å². The Morgan fingerprint density at radius 2 is 2.08 bits per heavy atom. The van der Waals surface area contributed by atoms with E-state index in [0.29, 0.717) is 18.1 Å². The molecule has 0 amide bonds. The maximum absolute atomic E-state index is 11.5. The van der Waals surface area contributed by atoms with Gasteiger partial charge in [0, 0.05) is 41.4 Å². The lowest BCUT2D eigenvalue weighted by atomic mass is 9.85. The van der Waals surface area contributed by atoms with E-state index in [4.69, 9.17) is 9.15 Å². The van der Waals surface area contributed by atoms with Crippen molar-refractivity contribution in [3.8, 4) is 22.9 Å². The van der Waals surface area contributed by atoms with Gasteiger partial charge in [-0.3, -0.25) is 9.78 Å². The minimum absolute atomic E-state index is 0.364. The highest BCUT2D eigenvalue weighted by Gasteiger charge is 2.19. The number of carbonyl (C=O) groups is 1. The van der Waals surface area contributed by atoms with E-state index >= 15 is 0 Å². The molecular formula is C31H28N4O3. The zero-order chi connectivity index (χ0) is 27.0. The molecule has 0 aliphatic rings. The molecule has 190 valence electrons. The first-order valence-corrected chi connectivity index (χ1v) is 12.1. The van der Waals surface area contributed by atoms with Gasteiger partial charge in [-0.15, -0.1) is 0 Å². The van der Waals surface area contributed by atoms with E-state index in [1.54, 1.807) is 41.9 Å². The zero-order valence-corrected chi connectivity index (χ0v) is 21.5. The van der Waals surface area contributed by atoms with E-state index in [-0.39, 0.29) is 0 Å². The van der Waals surface area contributed by atoms with Crippen LogP contribution in [0.3, 0.4) is 0 Å². The van der Waals surface area contributed by atoms with Crippen LogP contribution in [0, 0.1) is 11.3 Å². The molecule has 3 aromatic heterocycles. The molecule has 4 aromatic rings. The first-order chi connectivity index (χ1) is 18.4. The fourth-order valence-electron chi connectivity index (χ4n) is 3.79. The van der Waals surface area contributed by atoms with E-state index in [1.165, 1.54) is 6.08 Å². The van der Waals surface area contributed by atoms with Gasteiger partial charge in [0.25, 0.3) is 0 Å². The van der Waals surface area contributed by atoms with Crippen molar-refractivity contribution < 1.29 is 13.9 Å². The van der Waals surface area contributed by atoms with Crippen molar-refractivity contribution in [2.75, 3.05) is 0 Å². The summed E-state index contributed by atoms with van der Waals surface area (Å²) in [5.41, 5.74) is 5.37. The number of carbonyl (C=O) groups excluding carboxylic acids is 1. The number of hydrogen-bond acceptors (Lipinski definition) is 6. The molecule has 0 aliphatic heterocycles. The fourth-order valence-corrected chi connectivity index (χ4v) is 3.79. The summed E-state index contributed by atoms with van der Waals surface area (Å²) in [5.74, 6) is 0.665. The summed E-state index contributed by atoms with van der Waals surface area (Å²) in [6.07, 6.45) is 18.2. The van der Waals surface area contributed by atoms with Gasteiger partial charge in [-0.1, -0.05) is 42.5 Å². The predicted octanol–water partition coefficient (Wildman–Crippen LogP) is 6.62. The van der Waals surface area contributed by atoms with Crippen molar-refractivity contribution in [1.82, 2.24) is 14.8 Å². The molecule has 38 heavy (non-hydrogen) atoms. The third kappa shape index (κ3) is 6.23. The Bertz CT molecular complexity index is 1530. The van der Waals surface area contributed by atoms with Gasteiger partial charge in [0.05, 0.1) is 35.9 Å². The van der Waals surface area contributed by atoms with Crippen LogP contribution in [-0.4, -0.2) is 21.1 Å². The van der Waals surface area contributed by atoms with Crippen molar-refractivity contribution in [3.63, 3.8) is 0 Å². The maximum atomic E-state index is 11.5. The van der Waals surface area contributed by atoms with Gasteiger partial charge in [0.1, 0.15) is 18.6 Å². The molecular weight excluding hydrogens is 476 g/mol. The fraction of sp³-hybridized carbons (Fsp3) is 0.161. The molecule has 0 N–H and O–H groups in total. The second-order valence-corrected chi connectivity index (χ2v) is 9.22. The number of pyridine rings is 1. The van der Waals surface area contributed by atoms with Gasteiger partial charge in [0.2, 0.25) is 0 Å². The maximum Gasteiger partial charge on any atom is 0.144 e. The second-order valence-electron chi connectivity index (χ2n) is 9.22. The molecule has 0 saturated heterocycles. The van der Waals surface area contributed by atoms with Gasteiger partial charge >= 0.3 is 0 Å². The van der Waals surface area contributed by atoms with Crippen LogP contribution in [0.15, 0.2) is 102 Å². The summed E-state index contributed by atoms with van der Waals surface area (Å²) >= 11 is 0. The molecule has 0 fully saturated rings. The van der Waals surface area contributed by atoms with E-state index in [0.717, 1.165) is 39.7 Å². The Hall–Kier alpha value is -4.96. The van der Waals surface area contributed by atoms with Gasteiger partial charge in [-0.2, -0.15) is 10.4 Å². The Kier molecular flexibility index (Phi) is 8.14. The number of nitriles is 1. The number of allylic oxidation sites excluding steroid dienone is 5. The number of rotatable bonds is 10. The monoisotopic (exact) mass is 504 g/mol. The summed E-state index contributed by atoms with van der Waals surface area (Å²) in [5, 5.41) is 13.9. The van der Waals surface area contributed by atoms with Crippen molar-refractivity contribution in [1.29, 1.82) is 5.26 Å². The number of hydrogen-bond donors (Lipinski definition) is 0. The SMILES string of the molecule is CC(=C/C=C/c1cccc(C(C)(C)C#N)c1)/C(=C\C=O)n1cc(-c2cnccc2OCc2ccoc2)cn1. The van der Waals surface area contributed by atoms with Gasteiger partial charge < -0.3 is 9.15 Å². The summed E-state index contributed by atoms with van der Waals surface area (Å²) in [6, 6.07) is 13.9. The number of ether oxygens (including phenoxy) is 1. The molecule has 0 saturated carbocycles. The van der Waals surface area contributed by atoms with Gasteiger partial charge in [-0.05, 0) is 49.6 Å². The molecule has 7 heteroatoms. The van der Waals surface area contributed by atoms with Crippen LogP contribution in [0.1, 0.15) is 37.5 Å². The highest BCUT2D eigenvalue weighted by Crippen LogP contribution is 2.30. The summed E-state index contributed by atoms with van der Waals surface area (Å²) in [6.45, 7) is 6.08. The summed E-state index contributed by atoms with van der Waals surface area (Å²) < 4.78 is 12.8. The van der Waals surface area contributed by atoms with Crippen molar-refractivity contribution in [3.05, 3.63) is 114 Å². The highest BCUT2D eigenvalue weighted by molar-refractivity contribution is 5.81. The van der Waals surface area contributed by atoms with Crippen LogP contribution >= 0.6 is 0 Å². The third-order valence-electron chi connectivity index (χ3n) is 6.05. The lowest BCUT2D eigenvalue weighted by Crippen LogP contribution is -2.13. The Labute approximate surface area is 222 Å². The van der Waals surface area contributed by atoms with Crippen LogP contribution in [-0.2, 0) is 16.8 Å². The van der Waals surface area contributed by atoms with Crippen LogP contribution in [0.5, 0.6) is 5.75 Å². The summed E-state index contributed by atoms with van der Waals surface area (Å²) in [4.78, 5) is 15.7. The first kappa shape index (κ1) is 26.1. The highest BCUT2D eigenvalue weighted by atomic mass is 16.5. The summed E-state index contributed by atoms with van der Waals surface area (Å²) in [7, 11) is 0. The molecule has 0 radical (unpaired) electrons. The number of benzene rings is 1. The largest absolute Gasteiger partial charge is 0.488 e. The standard InChI is InChI=1S/C31H28N4O3/c1-23(6-4-7-24-8-5-9-27(16-24)31(2,3)22-32)29(11-14-36)35-19-26(17-34-35)28-18-33-13-10-30(28)38-21-25-12-15-37-20-25/h4-20H,21H2,1-3H3/b7-4+,23-6-,29-11+. The lowest BCUT2D eigenvalue weighted by Gasteiger charge is -2.15. The van der Waals surface area contributed by atoms with Crippen LogP contribution < -0.4 is 4.74 Å². The molecule has 3 heterocycles. The smallest absolute Gasteiger partial charge is 0.144 e. The molecule has 4 rings (SSSR count). The molecule has 1 aromatic carbocycles. The number of furan rings is 1. The van der Waals surface area contributed by atoms with E-state index < -0.39 is 5.41 Å². The molecule has 7 nitrogen and oxygen atoms in total. The molecule has 0 atom stereocenters. The second kappa shape index (κ2) is 11.8.